The molecule has 90 valence electrons. The van der Waals surface area contributed by atoms with E-state index in [4.69, 9.17) is 11.6 Å². The van der Waals surface area contributed by atoms with Crippen LogP contribution in [-0.4, -0.2) is 52.9 Å². The van der Waals surface area contributed by atoms with Crippen LogP contribution in [-0.2, 0) is 6.42 Å². The Labute approximate surface area is 105 Å². The first-order chi connectivity index (χ1) is 7.83. The summed E-state index contributed by atoms with van der Waals surface area (Å²) in [5.41, 5.74) is 0. The number of rotatable bonds is 4. The number of piperazine rings is 1. The van der Waals surface area contributed by atoms with Crippen LogP contribution >= 0.6 is 23.1 Å². The lowest BCUT2D eigenvalue weighted by Gasteiger charge is -2.33. The highest BCUT2D eigenvalue weighted by Crippen LogP contribution is 2.19. The van der Waals surface area contributed by atoms with Crippen LogP contribution in [0.5, 0.6) is 0 Å². The summed E-state index contributed by atoms with van der Waals surface area (Å²) < 4.78 is 4.32. The Kier molecular flexibility index (Phi) is 4.37. The molecule has 0 N–H and O–H groups in total. The van der Waals surface area contributed by atoms with E-state index in [1.807, 2.05) is 0 Å². The summed E-state index contributed by atoms with van der Waals surface area (Å²) in [6.07, 6.45) is 0.919. The van der Waals surface area contributed by atoms with Gasteiger partial charge in [-0.15, -0.1) is 11.6 Å². The summed E-state index contributed by atoms with van der Waals surface area (Å²) in [7, 11) is 0. The fraction of sp³-hybridized carbons (Fsp3) is 0.800. The van der Waals surface area contributed by atoms with E-state index >= 15 is 0 Å². The van der Waals surface area contributed by atoms with Crippen LogP contribution in [0.3, 0.4) is 0 Å². The van der Waals surface area contributed by atoms with Crippen LogP contribution in [0.25, 0.3) is 0 Å². The Balaban J connectivity index is 1.88. The molecule has 0 unspecified atom stereocenters. The number of halogens is 1. The number of anilines is 1. The van der Waals surface area contributed by atoms with Crippen molar-refractivity contribution in [1.29, 1.82) is 0 Å². The van der Waals surface area contributed by atoms with Crippen molar-refractivity contribution >= 4 is 28.3 Å². The molecule has 0 aromatic carbocycles. The van der Waals surface area contributed by atoms with Crippen molar-refractivity contribution in [3.05, 3.63) is 5.82 Å². The number of hydrogen-bond acceptors (Lipinski definition) is 5. The van der Waals surface area contributed by atoms with E-state index in [1.54, 1.807) is 0 Å². The van der Waals surface area contributed by atoms with Gasteiger partial charge in [0, 0.05) is 56.6 Å². The van der Waals surface area contributed by atoms with E-state index in [9.17, 15) is 0 Å². The Morgan fingerprint density at radius 1 is 1.31 bits per heavy atom. The molecule has 4 nitrogen and oxygen atoms in total. The third kappa shape index (κ3) is 2.84. The number of hydrogen-bond donors (Lipinski definition) is 0. The first-order valence-electron chi connectivity index (χ1n) is 5.69. The van der Waals surface area contributed by atoms with Crippen molar-refractivity contribution in [3.8, 4) is 0 Å². The molecule has 1 saturated heterocycles. The molecule has 1 aliphatic heterocycles. The van der Waals surface area contributed by atoms with E-state index in [0.717, 1.165) is 56.0 Å². The Bertz CT molecular complexity index is 322. The van der Waals surface area contributed by atoms with Gasteiger partial charge in [0.15, 0.2) is 0 Å². The maximum atomic E-state index is 5.73. The van der Waals surface area contributed by atoms with Crippen molar-refractivity contribution in [2.75, 3.05) is 43.5 Å². The lowest BCUT2D eigenvalue weighted by atomic mass is 10.3. The highest BCUT2D eigenvalue weighted by atomic mass is 35.5. The zero-order valence-corrected chi connectivity index (χ0v) is 11.1. The predicted octanol–water partition coefficient (Wildman–Crippen LogP) is 1.46. The molecule has 0 amide bonds. The monoisotopic (exact) mass is 260 g/mol. The summed E-state index contributed by atoms with van der Waals surface area (Å²) in [5.74, 6) is 1.68. The van der Waals surface area contributed by atoms with E-state index in [2.05, 4.69) is 26.1 Å². The van der Waals surface area contributed by atoms with E-state index < -0.39 is 0 Å². The third-order valence-electron chi connectivity index (χ3n) is 2.82. The van der Waals surface area contributed by atoms with Crippen molar-refractivity contribution in [2.24, 2.45) is 0 Å². The van der Waals surface area contributed by atoms with Gasteiger partial charge >= 0.3 is 0 Å². The molecule has 1 aromatic heterocycles. The molecule has 2 heterocycles. The van der Waals surface area contributed by atoms with Gasteiger partial charge < -0.3 is 4.90 Å². The second-order valence-electron chi connectivity index (χ2n) is 3.86. The van der Waals surface area contributed by atoms with Crippen LogP contribution in [0.1, 0.15) is 12.7 Å². The molecule has 6 heteroatoms. The van der Waals surface area contributed by atoms with E-state index in [-0.39, 0.29) is 0 Å². The van der Waals surface area contributed by atoms with Crippen molar-refractivity contribution < 1.29 is 0 Å². The molecule has 2 rings (SSSR count). The van der Waals surface area contributed by atoms with Crippen molar-refractivity contribution in [2.45, 2.75) is 13.3 Å². The molecular weight excluding hydrogens is 244 g/mol. The molecular formula is C10H17ClN4S. The summed E-state index contributed by atoms with van der Waals surface area (Å²) in [6, 6.07) is 0. The number of aryl methyl sites for hydroxylation is 1. The maximum Gasteiger partial charge on any atom is 0.205 e. The highest BCUT2D eigenvalue weighted by molar-refractivity contribution is 7.09. The van der Waals surface area contributed by atoms with Crippen LogP contribution in [0, 0.1) is 0 Å². The predicted molar refractivity (Wildman–Crippen MR) is 68.7 cm³/mol. The van der Waals surface area contributed by atoms with Gasteiger partial charge in [-0.3, -0.25) is 4.90 Å². The van der Waals surface area contributed by atoms with Gasteiger partial charge in [0.05, 0.1) is 0 Å². The smallest absolute Gasteiger partial charge is 0.205 e. The van der Waals surface area contributed by atoms with Gasteiger partial charge in [-0.25, -0.2) is 4.98 Å². The summed E-state index contributed by atoms with van der Waals surface area (Å²) >= 11 is 7.25. The first-order valence-corrected chi connectivity index (χ1v) is 7.00. The normalized spacial score (nSPS) is 18.0. The number of nitrogens with zero attached hydrogens (tertiary/aromatic N) is 4. The summed E-state index contributed by atoms with van der Waals surface area (Å²) in [5, 5.41) is 1.07. The minimum absolute atomic E-state index is 0.721. The van der Waals surface area contributed by atoms with Crippen LogP contribution in [0.2, 0.25) is 0 Å². The topological polar surface area (TPSA) is 32.3 Å². The van der Waals surface area contributed by atoms with E-state index in [0.29, 0.717) is 0 Å². The molecule has 16 heavy (non-hydrogen) atoms. The third-order valence-corrected chi connectivity index (χ3v) is 3.80. The highest BCUT2D eigenvalue weighted by Gasteiger charge is 2.19. The summed E-state index contributed by atoms with van der Waals surface area (Å²) in [4.78, 5) is 9.23. The first kappa shape index (κ1) is 12.1. The molecule has 1 aromatic rings. The standard InChI is InChI=1S/C10H17ClN4S/c1-2-9-12-10(16-13-9)15-7-5-14(4-3-11)6-8-15/h2-8H2,1H3. The Morgan fingerprint density at radius 2 is 2.06 bits per heavy atom. The zero-order chi connectivity index (χ0) is 11.4. The van der Waals surface area contributed by atoms with Gasteiger partial charge in [0.1, 0.15) is 5.82 Å². The SMILES string of the molecule is CCc1nsc(N2CCN(CCCl)CC2)n1. The van der Waals surface area contributed by atoms with Crippen molar-refractivity contribution in [3.63, 3.8) is 0 Å². The average Bonchev–Trinajstić information content (AvgIpc) is 2.79. The molecule has 0 spiro atoms. The molecule has 0 radical (unpaired) electrons. The molecule has 0 saturated carbocycles. The number of aromatic nitrogens is 2. The quantitative estimate of drug-likeness (QED) is 0.768. The molecule has 0 aliphatic carbocycles. The summed E-state index contributed by atoms with van der Waals surface area (Å²) in [6.45, 7) is 7.31. The lowest BCUT2D eigenvalue weighted by Crippen LogP contribution is -2.46. The van der Waals surface area contributed by atoms with Crippen molar-refractivity contribution in [1.82, 2.24) is 14.3 Å². The minimum atomic E-state index is 0.721. The molecule has 0 atom stereocenters. The van der Waals surface area contributed by atoms with Gasteiger partial charge in [-0.05, 0) is 0 Å². The Hall–Kier alpha value is -0.390. The molecule has 1 fully saturated rings. The van der Waals surface area contributed by atoms with Crippen LogP contribution in [0.15, 0.2) is 0 Å². The van der Waals surface area contributed by atoms with Crippen LogP contribution in [0.4, 0.5) is 5.13 Å². The Morgan fingerprint density at radius 3 is 2.62 bits per heavy atom. The van der Waals surface area contributed by atoms with Gasteiger partial charge in [0.25, 0.3) is 0 Å². The fourth-order valence-electron chi connectivity index (χ4n) is 1.80. The number of alkyl halides is 1. The second-order valence-corrected chi connectivity index (χ2v) is 4.97. The largest absolute Gasteiger partial charge is 0.344 e. The van der Waals surface area contributed by atoms with Gasteiger partial charge in [-0.2, -0.15) is 4.37 Å². The fourth-order valence-corrected chi connectivity index (χ4v) is 2.84. The lowest BCUT2D eigenvalue weighted by molar-refractivity contribution is 0.272. The zero-order valence-electron chi connectivity index (χ0n) is 9.52. The second kappa shape index (κ2) is 5.80. The average molecular weight is 261 g/mol. The van der Waals surface area contributed by atoms with Gasteiger partial charge in [-0.1, -0.05) is 6.92 Å². The molecule has 1 aliphatic rings. The van der Waals surface area contributed by atoms with Gasteiger partial charge in [0.2, 0.25) is 5.13 Å². The van der Waals surface area contributed by atoms with E-state index in [1.165, 1.54) is 11.5 Å². The maximum absolute atomic E-state index is 5.73. The van der Waals surface area contributed by atoms with Crippen LogP contribution < -0.4 is 4.90 Å². The minimum Gasteiger partial charge on any atom is -0.344 e. The molecule has 0 bridgehead atoms.